The second-order valence-electron chi connectivity index (χ2n) is 4.96. The fourth-order valence-electron chi connectivity index (χ4n) is 2.11. The molecule has 3 heteroatoms. The number of hydrogen-bond donors (Lipinski definition) is 2. The Balaban J connectivity index is 2.15. The average Bonchev–Trinajstić information content (AvgIpc) is 2.51. The summed E-state index contributed by atoms with van der Waals surface area (Å²) in [5, 5.41) is 13.0. The molecule has 2 aromatic rings. The van der Waals surface area contributed by atoms with Gasteiger partial charge in [-0.15, -0.1) is 0 Å². The van der Waals surface area contributed by atoms with Crippen LogP contribution in [0.15, 0.2) is 54.6 Å². The Kier molecular flexibility index (Phi) is 4.77. The van der Waals surface area contributed by atoms with Crippen LogP contribution in [0.4, 0.5) is 0 Å². The van der Waals surface area contributed by atoms with Crippen LogP contribution in [-0.4, -0.2) is 25.4 Å². The molecule has 0 saturated heterocycles. The Bertz CT molecular complexity index is 518. The summed E-state index contributed by atoms with van der Waals surface area (Å²) < 4.78 is 5.84. The number of rotatable bonds is 6. The number of ether oxygens (including phenoxy) is 1. The summed E-state index contributed by atoms with van der Waals surface area (Å²) in [5.74, 6) is 0.805. The molecule has 0 aliphatic heterocycles. The summed E-state index contributed by atoms with van der Waals surface area (Å²) in [6.45, 7) is 2.38. The van der Waals surface area contributed by atoms with Crippen molar-refractivity contribution in [1.82, 2.24) is 5.32 Å². The molecule has 0 heterocycles. The number of aliphatic hydroxyl groups is 1. The first-order valence-corrected chi connectivity index (χ1v) is 6.75. The van der Waals surface area contributed by atoms with E-state index in [1.165, 1.54) is 5.56 Å². The molecule has 0 radical (unpaired) electrons. The van der Waals surface area contributed by atoms with Crippen LogP contribution < -0.4 is 10.1 Å². The normalized spacial score (nSPS) is 13.8. The summed E-state index contributed by atoms with van der Waals surface area (Å²) in [6.07, 6.45) is 0. The molecule has 0 amide bonds. The van der Waals surface area contributed by atoms with Crippen molar-refractivity contribution in [3.63, 3.8) is 0 Å². The van der Waals surface area contributed by atoms with Crippen molar-refractivity contribution in [2.75, 3.05) is 20.3 Å². The van der Waals surface area contributed by atoms with Crippen molar-refractivity contribution in [2.24, 2.45) is 0 Å². The summed E-state index contributed by atoms with van der Waals surface area (Å²) in [4.78, 5) is 0. The minimum Gasteiger partial charge on any atom is -0.491 e. The first-order valence-electron chi connectivity index (χ1n) is 6.75. The smallest absolute Gasteiger partial charge is 0.119 e. The predicted molar refractivity (Wildman–Crippen MR) is 80.9 cm³/mol. The number of likely N-dealkylation sites (N-methyl/N-ethyl adjacent to an activating group) is 1. The molecule has 0 aromatic heterocycles. The molecular formula is C17H21NO2. The fraction of sp³-hybridized carbons (Fsp3) is 0.294. The molecule has 0 saturated carbocycles. The predicted octanol–water partition coefficient (Wildman–Crippen LogP) is 2.48. The van der Waals surface area contributed by atoms with Gasteiger partial charge in [0.1, 0.15) is 17.9 Å². The van der Waals surface area contributed by atoms with Crippen LogP contribution in [0.1, 0.15) is 11.1 Å². The van der Waals surface area contributed by atoms with Crippen molar-refractivity contribution >= 4 is 0 Å². The van der Waals surface area contributed by atoms with E-state index >= 15 is 0 Å². The van der Waals surface area contributed by atoms with Crippen LogP contribution in [0.25, 0.3) is 0 Å². The number of aliphatic hydroxyl groups excluding tert-OH is 1. The number of nitrogens with one attached hydrogen (secondary N) is 1. The molecule has 0 aliphatic rings. The molecule has 0 aliphatic carbocycles. The third-order valence-electron chi connectivity index (χ3n) is 3.58. The molecule has 0 spiro atoms. The van der Waals surface area contributed by atoms with Crippen molar-refractivity contribution in [1.29, 1.82) is 0 Å². The molecule has 20 heavy (non-hydrogen) atoms. The third kappa shape index (κ3) is 3.18. The van der Waals surface area contributed by atoms with E-state index in [-0.39, 0.29) is 6.61 Å². The van der Waals surface area contributed by atoms with Gasteiger partial charge < -0.3 is 15.2 Å². The maximum Gasteiger partial charge on any atom is 0.119 e. The third-order valence-corrected chi connectivity index (χ3v) is 3.58. The summed E-state index contributed by atoms with van der Waals surface area (Å²) in [5.41, 5.74) is 1.62. The molecule has 1 atom stereocenters. The second kappa shape index (κ2) is 6.55. The minimum atomic E-state index is -0.591. The fourth-order valence-corrected chi connectivity index (χ4v) is 2.11. The molecule has 3 nitrogen and oxygen atoms in total. The van der Waals surface area contributed by atoms with Gasteiger partial charge in [0.25, 0.3) is 0 Å². The van der Waals surface area contributed by atoms with E-state index in [9.17, 15) is 5.11 Å². The topological polar surface area (TPSA) is 41.5 Å². The van der Waals surface area contributed by atoms with E-state index < -0.39 is 5.54 Å². The number of aryl methyl sites for hydroxylation is 1. The largest absolute Gasteiger partial charge is 0.491 e. The molecule has 2 aromatic carbocycles. The Labute approximate surface area is 120 Å². The molecule has 106 valence electrons. The Hall–Kier alpha value is -1.84. The van der Waals surface area contributed by atoms with Gasteiger partial charge in [0.15, 0.2) is 0 Å². The van der Waals surface area contributed by atoms with Crippen LogP contribution in [0.5, 0.6) is 5.75 Å². The van der Waals surface area contributed by atoms with Gasteiger partial charge in [-0.2, -0.15) is 0 Å². The zero-order valence-corrected chi connectivity index (χ0v) is 12.0. The van der Waals surface area contributed by atoms with Crippen molar-refractivity contribution in [2.45, 2.75) is 12.5 Å². The molecule has 2 rings (SSSR count). The van der Waals surface area contributed by atoms with E-state index in [4.69, 9.17) is 4.74 Å². The van der Waals surface area contributed by atoms with Gasteiger partial charge in [-0.3, -0.25) is 0 Å². The van der Waals surface area contributed by atoms with Crippen LogP contribution in [-0.2, 0) is 5.54 Å². The van der Waals surface area contributed by atoms with Gasteiger partial charge in [-0.25, -0.2) is 0 Å². The lowest BCUT2D eigenvalue weighted by molar-refractivity contribution is 0.108. The first-order chi connectivity index (χ1) is 9.70. The lowest BCUT2D eigenvalue weighted by Crippen LogP contribution is -2.48. The van der Waals surface area contributed by atoms with Crippen LogP contribution in [0.2, 0.25) is 0 Å². The molecule has 0 fully saturated rings. The quantitative estimate of drug-likeness (QED) is 0.848. The van der Waals surface area contributed by atoms with E-state index in [0.717, 1.165) is 11.3 Å². The zero-order valence-electron chi connectivity index (χ0n) is 12.0. The SMILES string of the molecule is CNC(CO)(COc1ccc(C)cc1)c1ccccc1. The highest BCUT2D eigenvalue weighted by molar-refractivity contribution is 5.28. The molecule has 1 unspecified atom stereocenters. The monoisotopic (exact) mass is 271 g/mol. The summed E-state index contributed by atoms with van der Waals surface area (Å²) >= 11 is 0. The van der Waals surface area contributed by atoms with E-state index in [0.29, 0.717) is 6.61 Å². The van der Waals surface area contributed by atoms with Gasteiger partial charge >= 0.3 is 0 Å². The van der Waals surface area contributed by atoms with Crippen LogP contribution >= 0.6 is 0 Å². The second-order valence-corrected chi connectivity index (χ2v) is 4.96. The van der Waals surface area contributed by atoms with Crippen LogP contribution in [0, 0.1) is 6.92 Å². The van der Waals surface area contributed by atoms with E-state index in [2.05, 4.69) is 5.32 Å². The van der Waals surface area contributed by atoms with Gasteiger partial charge in [-0.05, 0) is 31.7 Å². The van der Waals surface area contributed by atoms with Gasteiger partial charge in [0.2, 0.25) is 0 Å². The highest BCUT2D eigenvalue weighted by atomic mass is 16.5. The lowest BCUT2D eigenvalue weighted by Gasteiger charge is -2.32. The maximum absolute atomic E-state index is 9.81. The average molecular weight is 271 g/mol. The van der Waals surface area contributed by atoms with Crippen molar-refractivity contribution in [3.8, 4) is 5.75 Å². The van der Waals surface area contributed by atoms with E-state index in [1.807, 2.05) is 68.6 Å². The van der Waals surface area contributed by atoms with Crippen molar-refractivity contribution < 1.29 is 9.84 Å². The summed E-state index contributed by atoms with van der Waals surface area (Å²) in [6, 6.07) is 17.8. The Morgan fingerprint density at radius 1 is 1.05 bits per heavy atom. The molecular weight excluding hydrogens is 250 g/mol. The Morgan fingerprint density at radius 3 is 2.25 bits per heavy atom. The minimum absolute atomic E-state index is 0.0284. The number of benzene rings is 2. The van der Waals surface area contributed by atoms with Crippen molar-refractivity contribution in [3.05, 3.63) is 65.7 Å². The molecule has 0 bridgehead atoms. The highest BCUT2D eigenvalue weighted by Gasteiger charge is 2.30. The zero-order chi connectivity index (χ0) is 14.4. The standard InChI is InChI=1S/C17H21NO2/c1-14-8-10-16(11-9-14)20-13-17(12-19,18-2)15-6-4-3-5-7-15/h3-11,18-19H,12-13H2,1-2H3. The van der Waals surface area contributed by atoms with Gasteiger partial charge in [0, 0.05) is 0 Å². The number of hydrogen-bond acceptors (Lipinski definition) is 3. The molecule has 2 N–H and O–H groups in total. The maximum atomic E-state index is 9.81. The van der Waals surface area contributed by atoms with Gasteiger partial charge in [0.05, 0.1) is 6.61 Å². The lowest BCUT2D eigenvalue weighted by atomic mass is 9.92. The highest BCUT2D eigenvalue weighted by Crippen LogP contribution is 2.22. The van der Waals surface area contributed by atoms with Gasteiger partial charge in [-0.1, -0.05) is 48.0 Å². The van der Waals surface area contributed by atoms with E-state index in [1.54, 1.807) is 0 Å². The first kappa shape index (κ1) is 14.6. The Morgan fingerprint density at radius 2 is 1.70 bits per heavy atom. The van der Waals surface area contributed by atoms with Crippen LogP contribution in [0.3, 0.4) is 0 Å². The summed E-state index contributed by atoms with van der Waals surface area (Å²) in [7, 11) is 1.84.